The van der Waals surface area contributed by atoms with Gasteiger partial charge in [-0.2, -0.15) is 0 Å². The third-order valence-electron chi connectivity index (χ3n) is 1.86. The third kappa shape index (κ3) is 5.68. The molecule has 0 N–H and O–H groups in total. The molecule has 17 heavy (non-hydrogen) atoms. The van der Waals surface area contributed by atoms with Crippen LogP contribution in [0, 0.1) is 5.92 Å². The highest BCUT2D eigenvalue weighted by Crippen LogP contribution is 2.24. The second kappa shape index (κ2) is 6.00. The number of hydrogen-bond donors (Lipinski definition) is 0. The van der Waals surface area contributed by atoms with E-state index in [4.69, 9.17) is 16.3 Å². The van der Waals surface area contributed by atoms with E-state index < -0.39 is 6.36 Å². The Morgan fingerprint density at radius 1 is 1.18 bits per heavy atom. The van der Waals surface area contributed by atoms with Crippen LogP contribution in [0.25, 0.3) is 0 Å². The van der Waals surface area contributed by atoms with Gasteiger partial charge in [0.05, 0.1) is 6.61 Å². The van der Waals surface area contributed by atoms with Gasteiger partial charge in [-0.1, -0.05) is 6.92 Å². The molecule has 0 aliphatic rings. The Labute approximate surface area is 102 Å². The Morgan fingerprint density at radius 3 is 2.18 bits per heavy atom. The summed E-state index contributed by atoms with van der Waals surface area (Å²) in [4.78, 5) is 0. The molecular weight excluding hydrogens is 257 g/mol. The lowest BCUT2D eigenvalue weighted by Crippen LogP contribution is -2.17. The first-order valence-corrected chi connectivity index (χ1v) is 5.48. The van der Waals surface area contributed by atoms with Gasteiger partial charge in [-0.05, 0) is 24.3 Å². The standard InChI is InChI=1S/C11H12ClF3O2/c1-8(6-12)7-16-9-2-4-10(5-3-9)17-11(13,14)15/h2-5,8H,6-7H2,1H3. The Hall–Kier alpha value is -1.10. The second-order valence-corrected chi connectivity index (χ2v) is 3.90. The molecule has 2 nitrogen and oxygen atoms in total. The molecule has 1 atom stereocenters. The van der Waals surface area contributed by atoms with Crippen molar-refractivity contribution >= 4 is 11.6 Å². The number of alkyl halides is 4. The average molecular weight is 269 g/mol. The average Bonchev–Trinajstić information content (AvgIpc) is 2.25. The zero-order valence-electron chi connectivity index (χ0n) is 9.13. The maximum absolute atomic E-state index is 11.9. The molecule has 1 aromatic rings. The first kappa shape index (κ1) is 14.0. The molecule has 1 aromatic carbocycles. The first-order chi connectivity index (χ1) is 7.90. The van der Waals surface area contributed by atoms with Crippen molar-refractivity contribution in [2.45, 2.75) is 13.3 Å². The number of hydrogen-bond acceptors (Lipinski definition) is 2. The van der Waals surface area contributed by atoms with Gasteiger partial charge in [-0.3, -0.25) is 0 Å². The Balaban J connectivity index is 2.50. The van der Waals surface area contributed by atoms with Crippen LogP contribution < -0.4 is 9.47 Å². The van der Waals surface area contributed by atoms with Crippen molar-refractivity contribution in [3.8, 4) is 11.5 Å². The summed E-state index contributed by atoms with van der Waals surface area (Å²) in [5.41, 5.74) is 0. The molecule has 0 saturated heterocycles. The van der Waals surface area contributed by atoms with Crippen LogP contribution >= 0.6 is 11.6 Å². The van der Waals surface area contributed by atoms with Crippen molar-refractivity contribution in [1.82, 2.24) is 0 Å². The lowest BCUT2D eigenvalue weighted by Gasteiger charge is -2.11. The highest BCUT2D eigenvalue weighted by Gasteiger charge is 2.30. The molecule has 0 heterocycles. The predicted molar refractivity (Wildman–Crippen MR) is 58.5 cm³/mol. The van der Waals surface area contributed by atoms with Crippen LogP contribution in [0.2, 0.25) is 0 Å². The summed E-state index contributed by atoms with van der Waals surface area (Å²) in [6.45, 7) is 2.33. The minimum atomic E-state index is -4.67. The largest absolute Gasteiger partial charge is 0.573 e. The van der Waals surface area contributed by atoms with E-state index in [9.17, 15) is 13.2 Å². The van der Waals surface area contributed by atoms with E-state index in [1.807, 2.05) is 6.92 Å². The molecule has 0 bridgehead atoms. The SMILES string of the molecule is CC(CCl)COc1ccc(OC(F)(F)F)cc1. The van der Waals surface area contributed by atoms with Crippen molar-refractivity contribution in [1.29, 1.82) is 0 Å². The fraction of sp³-hybridized carbons (Fsp3) is 0.455. The van der Waals surface area contributed by atoms with Crippen molar-refractivity contribution in [3.63, 3.8) is 0 Å². The molecule has 0 fully saturated rings. The van der Waals surface area contributed by atoms with Crippen LogP contribution in [0.4, 0.5) is 13.2 Å². The lowest BCUT2D eigenvalue weighted by molar-refractivity contribution is -0.274. The van der Waals surface area contributed by atoms with Gasteiger partial charge in [-0.25, -0.2) is 0 Å². The minimum Gasteiger partial charge on any atom is -0.493 e. The molecule has 0 amide bonds. The van der Waals surface area contributed by atoms with Gasteiger partial charge in [0.2, 0.25) is 0 Å². The van der Waals surface area contributed by atoms with E-state index in [1.54, 1.807) is 0 Å². The van der Waals surface area contributed by atoms with Gasteiger partial charge in [0.1, 0.15) is 11.5 Å². The van der Waals surface area contributed by atoms with Gasteiger partial charge in [0, 0.05) is 11.8 Å². The van der Waals surface area contributed by atoms with Crippen LogP contribution in [-0.4, -0.2) is 18.8 Å². The van der Waals surface area contributed by atoms with E-state index >= 15 is 0 Å². The van der Waals surface area contributed by atoms with E-state index in [0.29, 0.717) is 18.2 Å². The first-order valence-electron chi connectivity index (χ1n) is 4.95. The highest BCUT2D eigenvalue weighted by molar-refractivity contribution is 6.18. The molecular formula is C11H12ClF3O2. The summed E-state index contributed by atoms with van der Waals surface area (Å²) in [6, 6.07) is 5.24. The Kier molecular flexibility index (Phi) is 4.93. The summed E-state index contributed by atoms with van der Waals surface area (Å²) in [5, 5.41) is 0. The molecule has 1 rings (SSSR count). The van der Waals surface area contributed by atoms with Gasteiger partial charge in [0.25, 0.3) is 0 Å². The van der Waals surface area contributed by atoms with Crippen molar-refractivity contribution in [2.24, 2.45) is 5.92 Å². The van der Waals surface area contributed by atoms with Crippen LogP contribution in [-0.2, 0) is 0 Å². The van der Waals surface area contributed by atoms with Gasteiger partial charge in [-0.15, -0.1) is 24.8 Å². The summed E-state index contributed by atoms with van der Waals surface area (Å²) in [7, 11) is 0. The Bertz CT molecular complexity index is 338. The van der Waals surface area contributed by atoms with Crippen LogP contribution in [0.15, 0.2) is 24.3 Å². The normalized spacial score (nSPS) is 13.2. The topological polar surface area (TPSA) is 18.5 Å². The molecule has 0 aliphatic carbocycles. The van der Waals surface area contributed by atoms with Crippen LogP contribution in [0.3, 0.4) is 0 Å². The van der Waals surface area contributed by atoms with Crippen molar-refractivity contribution in [2.75, 3.05) is 12.5 Å². The lowest BCUT2D eigenvalue weighted by atomic mass is 10.2. The zero-order chi connectivity index (χ0) is 12.9. The highest BCUT2D eigenvalue weighted by atomic mass is 35.5. The molecule has 0 spiro atoms. The van der Waals surface area contributed by atoms with Crippen LogP contribution in [0.5, 0.6) is 11.5 Å². The molecule has 0 aliphatic heterocycles. The smallest absolute Gasteiger partial charge is 0.493 e. The minimum absolute atomic E-state index is 0.183. The van der Waals surface area contributed by atoms with Crippen molar-refractivity contribution in [3.05, 3.63) is 24.3 Å². The maximum atomic E-state index is 11.9. The molecule has 6 heteroatoms. The fourth-order valence-corrected chi connectivity index (χ4v) is 1.11. The summed E-state index contributed by atoms with van der Waals surface area (Å²) in [6.07, 6.45) is -4.67. The van der Waals surface area contributed by atoms with Gasteiger partial charge >= 0.3 is 6.36 Å². The quantitative estimate of drug-likeness (QED) is 0.756. The van der Waals surface area contributed by atoms with Crippen molar-refractivity contribution < 1.29 is 22.6 Å². The van der Waals surface area contributed by atoms with Crippen LogP contribution in [0.1, 0.15) is 6.92 Å². The van der Waals surface area contributed by atoms with E-state index in [1.165, 1.54) is 24.3 Å². The molecule has 96 valence electrons. The number of rotatable bonds is 5. The molecule has 0 saturated carbocycles. The van der Waals surface area contributed by atoms with E-state index in [0.717, 1.165) is 0 Å². The zero-order valence-corrected chi connectivity index (χ0v) is 9.89. The third-order valence-corrected chi connectivity index (χ3v) is 2.38. The molecule has 0 radical (unpaired) electrons. The van der Waals surface area contributed by atoms with Gasteiger partial charge < -0.3 is 9.47 Å². The summed E-state index contributed by atoms with van der Waals surface area (Å²) in [5.74, 6) is 0.865. The number of halogens is 4. The summed E-state index contributed by atoms with van der Waals surface area (Å²) >= 11 is 5.59. The number of ether oxygens (including phenoxy) is 2. The maximum Gasteiger partial charge on any atom is 0.573 e. The summed E-state index contributed by atoms with van der Waals surface area (Å²) < 4.78 is 44.7. The van der Waals surface area contributed by atoms with E-state index in [-0.39, 0.29) is 11.7 Å². The van der Waals surface area contributed by atoms with E-state index in [2.05, 4.69) is 4.74 Å². The Morgan fingerprint density at radius 2 is 1.71 bits per heavy atom. The van der Waals surface area contributed by atoms with Gasteiger partial charge in [0.15, 0.2) is 0 Å². The fourth-order valence-electron chi connectivity index (χ4n) is 1.02. The number of benzene rings is 1. The monoisotopic (exact) mass is 268 g/mol. The molecule has 0 aromatic heterocycles. The second-order valence-electron chi connectivity index (χ2n) is 3.59. The predicted octanol–water partition coefficient (Wildman–Crippen LogP) is 3.84. The molecule has 1 unspecified atom stereocenters.